The van der Waals surface area contributed by atoms with Crippen molar-refractivity contribution in [2.75, 3.05) is 0 Å². The fourth-order valence-corrected chi connectivity index (χ4v) is 8.31. The predicted octanol–water partition coefficient (Wildman–Crippen LogP) is 6.71. The summed E-state index contributed by atoms with van der Waals surface area (Å²) in [5, 5.41) is 0. The first kappa shape index (κ1) is 16.7. The quantitative estimate of drug-likeness (QED) is 0.436. The van der Waals surface area contributed by atoms with Crippen LogP contribution in [0.5, 0.6) is 0 Å². The van der Waals surface area contributed by atoms with Crippen molar-refractivity contribution in [2.45, 2.75) is 79.1 Å². The summed E-state index contributed by atoms with van der Waals surface area (Å²) in [6.45, 7) is 17.5. The lowest BCUT2D eigenvalue weighted by atomic mass is 9.42. The van der Waals surface area contributed by atoms with Crippen LogP contribution < -0.4 is 0 Å². The molecule has 4 fully saturated rings. The average molecular weight is 326 g/mol. The van der Waals surface area contributed by atoms with Gasteiger partial charge in [0.1, 0.15) is 0 Å². The van der Waals surface area contributed by atoms with Gasteiger partial charge in [-0.1, -0.05) is 39.7 Å². The SMILES string of the molecule is [C-]#[N+]/C=C1/CCC2[C@@H]3CC[C@@H]4C[C@H](C)CC[C@]4(C)[C@H]3[C@@H](C)C[C@]12C. The molecule has 0 saturated heterocycles. The van der Waals surface area contributed by atoms with E-state index in [-0.39, 0.29) is 0 Å². The molecule has 0 aliphatic heterocycles. The molecule has 24 heavy (non-hydrogen) atoms. The predicted molar refractivity (Wildman–Crippen MR) is 100 cm³/mol. The van der Waals surface area contributed by atoms with Gasteiger partial charge in [0.25, 0.3) is 0 Å². The molecule has 8 atom stereocenters. The Labute approximate surface area is 149 Å². The minimum absolute atomic E-state index is 0.330. The van der Waals surface area contributed by atoms with Crippen molar-refractivity contribution in [1.29, 1.82) is 0 Å². The van der Waals surface area contributed by atoms with E-state index >= 15 is 0 Å². The number of hydrogen-bond acceptors (Lipinski definition) is 0. The minimum atomic E-state index is 0.330. The van der Waals surface area contributed by atoms with Crippen molar-refractivity contribution in [2.24, 2.45) is 46.3 Å². The van der Waals surface area contributed by atoms with Gasteiger partial charge in [0.15, 0.2) is 6.20 Å². The molecule has 132 valence electrons. The molecule has 4 aliphatic rings. The molecule has 4 saturated carbocycles. The molecule has 0 bridgehead atoms. The van der Waals surface area contributed by atoms with Gasteiger partial charge in [-0.2, -0.15) is 0 Å². The molecule has 4 rings (SSSR count). The van der Waals surface area contributed by atoms with E-state index in [9.17, 15) is 0 Å². The van der Waals surface area contributed by atoms with Gasteiger partial charge in [-0.15, -0.1) is 0 Å². The van der Waals surface area contributed by atoms with Crippen LogP contribution in [0.1, 0.15) is 79.1 Å². The van der Waals surface area contributed by atoms with Crippen molar-refractivity contribution in [1.82, 2.24) is 0 Å². The number of nitrogens with zero attached hydrogens (tertiary/aromatic N) is 1. The van der Waals surface area contributed by atoms with Gasteiger partial charge in [0, 0.05) is 0 Å². The van der Waals surface area contributed by atoms with Crippen LogP contribution >= 0.6 is 0 Å². The lowest BCUT2D eigenvalue weighted by Gasteiger charge is -2.63. The van der Waals surface area contributed by atoms with Gasteiger partial charge in [-0.25, -0.2) is 4.85 Å². The molecule has 0 aromatic heterocycles. The Bertz CT molecular complexity index is 583. The standard InChI is InChI=1S/C23H35N/c1-15-10-11-22(3)17(12-15)6-8-19-20-9-7-18(14-24-5)23(20,4)13-16(2)21(19)22/h14-17,19-21H,6-13H2,1-4H3/b18-14-/t15-,16+,17-,19+,20?,21+,22+,23-/m1/s1. The molecule has 4 aliphatic carbocycles. The van der Waals surface area contributed by atoms with E-state index in [0.717, 1.165) is 35.5 Å². The van der Waals surface area contributed by atoms with E-state index in [1.54, 1.807) is 0 Å². The van der Waals surface area contributed by atoms with Crippen LogP contribution in [0.4, 0.5) is 0 Å². The zero-order valence-corrected chi connectivity index (χ0v) is 16.1. The summed E-state index contributed by atoms with van der Waals surface area (Å²) in [5.74, 6) is 5.46. The Balaban J connectivity index is 1.69. The average Bonchev–Trinajstić information content (AvgIpc) is 2.84. The van der Waals surface area contributed by atoms with E-state index < -0.39 is 0 Å². The van der Waals surface area contributed by atoms with Gasteiger partial charge < -0.3 is 0 Å². The summed E-state index contributed by atoms with van der Waals surface area (Å²) in [4.78, 5) is 3.66. The molecule has 0 spiro atoms. The zero-order chi connectivity index (χ0) is 17.1. The highest BCUT2D eigenvalue weighted by Crippen LogP contribution is 2.69. The summed E-state index contributed by atoms with van der Waals surface area (Å²) >= 11 is 0. The summed E-state index contributed by atoms with van der Waals surface area (Å²) in [6.07, 6.45) is 13.1. The fraction of sp³-hybridized carbons (Fsp3) is 0.870. The smallest absolute Gasteiger partial charge is 0.154 e. The van der Waals surface area contributed by atoms with Crippen LogP contribution in [0.25, 0.3) is 4.85 Å². The number of allylic oxidation sites excluding steroid dienone is 1. The fourth-order valence-electron chi connectivity index (χ4n) is 8.31. The monoisotopic (exact) mass is 325 g/mol. The largest absolute Gasteiger partial charge is 0.246 e. The van der Waals surface area contributed by atoms with Crippen LogP contribution in [0, 0.1) is 52.9 Å². The van der Waals surface area contributed by atoms with E-state index in [1.165, 1.54) is 56.9 Å². The normalized spacial score (nSPS) is 55.4. The van der Waals surface area contributed by atoms with Crippen LogP contribution in [0.15, 0.2) is 11.8 Å². The van der Waals surface area contributed by atoms with Gasteiger partial charge in [-0.05, 0) is 91.3 Å². The van der Waals surface area contributed by atoms with Crippen LogP contribution in [0.2, 0.25) is 0 Å². The first-order valence-corrected chi connectivity index (χ1v) is 10.5. The first-order valence-electron chi connectivity index (χ1n) is 10.5. The highest BCUT2D eigenvalue weighted by atomic mass is 14.7. The van der Waals surface area contributed by atoms with Crippen LogP contribution in [-0.2, 0) is 0 Å². The Morgan fingerprint density at radius 3 is 2.67 bits per heavy atom. The minimum Gasteiger partial charge on any atom is -0.246 e. The van der Waals surface area contributed by atoms with E-state index in [1.807, 2.05) is 6.20 Å². The Morgan fingerprint density at radius 2 is 1.92 bits per heavy atom. The molecule has 0 N–H and O–H groups in total. The van der Waals surface area contributed by atoms with E-state index in [0.29, 0.717) is 10.8 Å². The Hall–Kier alpha value is -0.770. The van der Waals surface area contributed by atoms with Gasteiger partial charge >= 0.3 is 0 Å². The second kappa shape index (κ2) is 5.62. The molecular formula is C23H35N. The Kier molecular flexibility index (Phi) is 3.91. The highest BCUT2D eigenvalue weighted by Gasteiger charge is 2.60. The summed E-state index contributed by atoms with van der Waals surface area (Å²) in [5.41, 5.74) is 2.41. The number of rotatable bonds is 0. The lowest BCUT2D eigenvalue weighted by Crippen LogP contribution is -2.55. The van der Waals surface area contributed by atoms with Gasteiger partial charge in [-0.3, -0.25) is 0 Å². The zero-order valence-electron chi connectivity index (χ0n) is 16.1. The lowest BCUT2D eigenvalue weighted by molar-refractivity contribution is -0.130. The van der Waals surface area contributed by atoms with E-state index in [4.69, 9.17) is 6.57 Å². The van der Waals surface area contributed by atoms with E-state index in [2.05, 4.69) is 32.5 Å². The maximum atomic E-state index is 7.31. The summed E-state index contributed by atoms with van der Waals surface area (Å²) < 4.78 is 0. The molecule has 1 nitrogen and oxygen atoms in total. The molecule has 0 amide bonds. The molecule has 1 heteroatoms. The molecule has 0 aromatic rings. The third-order valence-electron chi connectivity index (χ3n) is 9.24. The van der Waals surface area contributed by atoms with Crippen molar-refractivity contribution >= 4 is 0 Å². The van der Waals surface area contributed by atoms with Crippen molar-refractivity contribution in [3.05, 3.63) is 23.2 Å². The van der Waals surface area contributed by atoms with Crippen molar-refractivity contribution in [3.63, 3.8) is 0 Å². The maximum Gasteiger partial charge on any atom is 0.154 e. The summed E-state index contributed by atoms with van der Waals surface area (Å²) in [7, 11) is 0. The highest BCUT2D eigenvalue weighted by molar-refractivity contribution is 5.26. The molecule has 0 radical (unpaired) electrons. The molecular weight excluding hydrogens is 290 g/mol. The van der Waals surface area contributed by atoms with Crippen LogP contribution in [-0.4, -0.2) is 0 Å². The number of fused-ring (bicyclic) bond motifs is 5. The topological polar surface area (TPSA) is 4.36 Å². The Morgan fingerprint density at radius 1 is 1.12 bits per heavy atom. The van der Waals surface area contributed by atoms with Gasteiger partial charge in [0.2, 0.25) is 0 Å². The second-order valence-corrected chi connectivity index (χ2v) is 10.4. The van der Waals surface area contributed by atoms with Gasteiger partial charge in [0.05, 0.1) is 6.57 Å². The van der Waals surface area contributed by atoms with Crippen molar-refractivity contribution in [3.8, 4) is 0 Å². The van der Waals surface area contributed by atoms with Crippen molar-refractivity contribution < 1.29 is 0 Å². The first-order chi connectivity index (χ1) is 11.4. The third kappa shape index (κ3) is 2.17. The second-order valence-electron chi connectivity index (χ2n) is 10.4. The molecule has 0 heterocycles. The summed E-state index contributed by atoms with van der Waals surface area (Å²) in [6, 6.07) is 0. The number of hydrogen-bond donors (Lipinski definition) is 0. The molecule has 0 aromatic carbocycles. The third-order valence-corrected chi connectivity index (χ3v) is 9.24. The maximum absolute atomic E-state index is 7.31. The molecule has 1 unspecified atom stereocenters. The van der Waals surface area contributed by atoms with Crippen LogP contribution in [0.3, 0.4) is 0 Å².